The Labute approximate surface area is 225 Å². The Morgan fingerprint density at radius 1 is 1.16 bits per heavy atom. The second kappa shape index (κ2) is 13.5. The van der Waals surface area contributed by atoms with E-state index in [4.69, 9.17) is 9.47 Å². The molecule has 204 valence electrons. The number of rotatable bonds is 8. The molecule has 1 aliphatic heterocycles. The Kier molecular flexibility index (Phi) is 9.86. The molecule has 3 aromatic rings. The van der Waals surface area contributed by atoms with Gasteiger partial charge in [-0.25, -0.2) is 0 Å². The summed E-state index contributed by atoms with van der Waals surface area (Å²) in [4.78, 5) is 17.1. The zero-order valence-electron chi connectivity index (χ0n) is 22.6. The normalized spacial score (nSPS) is 19.9. The van der Waals surface area contributed by atoms with Gasteiger partial charge in [0.05, 0.1) is 31.6 Å². The minimum atomic E-state index is -0.248. The summed E-state index contributed by atoms with van der Waals surface area (Å²) in [6.07, 6.45) is 2.82. The van der Waals surface area contributed by atoms with Crippen LogP contribution in [0.5, 0.6) is 11.5 Å². The van der Waals surface area contributed by atoms with Crippen molar-refractivity contribution in [2.75, 3.05) is 26.7 Å². The maximum absolute atomic E-state index is 13.0. The summed E-state index contributed by atoms with van der Waals surface area (Å²) in [5, 5.41) is 18.2. The first kappa shape index (κ1) is 27.8. The summed E-state index contributed by atoms with van der Waals surface area (Å²) in [5.41, 5.74) is 1.95. The molecule has 0 unspecified atom stereocenters. The molecule has 0 saturated carbocycles. The molecule has 0 spiro atoms. The summed E-state index contributed by atoms with van der Waals surface area (Å²) in [7, 11) is 2.07. The van der Waals surface area contributed by atoms with Crippen LogP contribution >= 0.6 is 0 Å². The molecule has 9 nitrogen and oxygen atoms in total. The number of hydrogen-bond donors (Lipinski definition) is 1. The average Bonchev–Trinajstić information content (AvgIpc) is 3.38. The molecule has 3 atom stereocenters. The third-order valence-electron chi connectivity index (χ3n) is 6.89. The fraction of sp³-hybridized carbons (Fsp3) is 0.483. The maximum Gasteiger partial charge on any atom is 0.222 e. The Hall–Kier alpha value is -3.27. The van der Waals surface area contributed by atoms with Crippen LogP contribution in [0.3, 0.4) is 0 Å². The van der Waals surface area contributed by atoms with E-state index in [-0.39, 0.29) is 30.6 Å². The van der Waals surface area contributed by atoms with Crippen LogP contribution in [0.15, 0.2) is 60.8 Å². The van der Waals surface area contributed by atoms with Gasteiger partial charge >= 0.3 is 0 Å². The number of likely N-dealkylation sites (N-methyl/N-ethyl adjacent to an activating group) is 1. The molecule has 1 aromatic heterocycles. The molecule has 1 amide bonds. The molecule has 0 radical (unpaired) electrons. The van der Waals surface area contributed by atoms with Crippen LogP contribution in [0, 0.1) is 5.92 Å². The lowest BCUT2D eigenvalue weighted by Gasteiger charge is -2.35. The van der Waals surface area contributed by atoms with Crippen molar-refractivity contribution in [1.82, 2.24) is 24.8 Å². The van der Waals surface area contributed by atoms with Crippen molar-refractivity contribution in [2.45, 2.75) is 58.5 Å². The van der Waals surface area contributed by atoms with E-state index in [0.717, 1.165) is 23.7 Å². The minimum absolute atomic E-state index is 0.0444. The first-order chi connectivity index (χ1) is 18.4. The van der Waals surface area contributed by atoms with E-state index >= 15 is 0 Å². The highest BCUT2D eigenvalue weighted by molar-refractivity contribution is 5.76. The highest BCUT2D eigenvalue weighted by Gasteiger charge is 2.28. The number of aromatic nitrogens is 3. The molecule has 2 bridgehead atoms. The van der Waals surface area contributed by atoms with Crippen molar-refractivity contribution in [2.24, 2.45) is 5.92 Å². The molecule has 0 fully saturated rings. The lowest BCUT2D eigenvalue weighted by molar-refractivity contribution is -0.136. The number of nitrogens with zero attached hydrogens (tertiary/aromatic N) is 5. The minimum Gasteiger partial charge on any atom is -0.457 e. The third-order valence-corrected chi connectivity index (χ3v) is 6.89. The second-order valence-corrected chi connectivity index (χ2v) is 10.2. The number of ether oxygens (including phenoxy) is 2. The van der Waals surface area contributed by atoms with Crippen LogP contribution in [0.2, 0.25) is 0 Å². The van der Waals surface area contributed by atoms with E-state index < -0.39 is 0 Å². The Balaban J connectivity index is 1.42. The Morgan fingerprint density at radius 3 is 2.63 bits per heavy atom. The number of carbonyl (C=O) groups is 1. The number of carbonyl (C=O) groups excluding carboxylic acids is 1. The van der Waals surface area contributed by atoms with E-state index in [1.54, 1.807) is 9.58 Å². The van der Waals surface area contributed by atoms with Crippen LogP contribution in [0.4, 0.5) is 0 Å². The molecule has 0 aliphatic carbocycles. The van der Waals surface area contributed by atoms with E-state index in [1.165, 1.54) is 5.56 Å². The summed E-state index contributed by atoms with van der Waals surface area (Å²) in [6.45, 7) is 6.84. The van der Waals surface area contributed by atoms with Crippen LogP contribution in [0.1, 0.15) is 37.9 Å². The number of hydrogen-bond acceptors (Lipinski definition) is 7. The maximum atomic E-state index is 13.0. The number of para-hydroxylation sites is 1. The quantitative estimate of drug-likeness (QED) is 0.483. The van der Waals surface area contributed by atoms with Crippen LogP contribution in [-0.4, -0.2) is 74.7 Å². The number of aliphatic hydroxyl groups is 1. The molecule has 1 aliphatic rings. The predicted molar refractivity (Wildman–Crippen MR) is 145 cm³/mol. The van der Waals surface area contributed by atoms with Gasteiger partial charge in [-0.3, -0.25) is 14.4 Å². The fourth-order valence-electron chi connectivity index (χ4n) is 4.66. The summed E-state index contributed by atoms with van der Waals surface area (Å²) >= 11 is 0. The van der Waals surface area contributed by atoms with E-state index in [9.17, 15) is 9.90 Å². The standard InChI is InChI=1S/C29H39N5O4/c1-22-16-34(23(2)20-35)29(36)10-7-15-33-18-25(30-31-33)21-37-28(22)19-32(3)17-24-11-13-27(14-12-24)38-26-8-5-4-6-9-26/h4-6,8-9,11-14,18,22-23,28,35H,7,10,15-17,19-21H2,1-3H3/t22-,23-,28+/m1/s1. The summed E-state index contributed by atoms with van der Waals surface area (Å²) < 4.78 is 14.1. The number of benzene rings is 2. The molecular formula is C29H39N5O4. The second-order valence-electron chi connectivity index (χ2n) is 10.2. The van der Waals surface area contributed by atoms with Crippen LogP contribution < -0.4 is 4.74 Å². The van der Waals surface area contributed by atoms with Crippen molar-refractivity contribution in [3.05, 3.63) is 72.1 Å². The molecule has 1 N–H and O–H groups in total. The predicted octanol–water partition coefficient (Wildman–Crippen LogP) is 3.73. The monoisotopic (exact) mass is 521 g/mol. The van der Waals surface area contributed by atoms with Gasteiger partial charge in [-0.1, -0.05) is 42.5 Å². The van der Waals surface area contributed by atoms with Crippen LogP contribution in [-0.2, 0) is 29.2 Å². The lowest BCUT2D eigenvalue weighted by atomic mass is 10.0. The molecule has 2 heterocycles. The molecule has 9 heteroatoms. The van der Waals surface area contributed by atoms with Crippen molar-refractivity contribution in [1.29, 1.82) is 0 Å². The van der Waals surface area contributed by atoms with Gasteiger partial charge in [0.15, 0.2) is 0 Å². The zero-order valence-corrected chi connectivity index (χ0v) is 22.6. The number of aliphatic hydroxyl groups excluding tert-OH is 1. The molecule has 0 saturated heterocycles. The molecular weight excluding hydrogens is 482 g/mol. The number of fused-ring (bicyclic) bond motifs is 2. The lowest BCUT2D eigenvalue weighted by Crippen LogP contribution is -2.47. The Morgan fingerprint density at radius 2 is 1.89 bits per heavy atom. The van der Waals surface area contributed by atoms with Gasteiger partial charge in [-0.2, -0.15) is 0 Å². The van der Waals surface area contributed by atoms with Gasteiger partial charge in [0.25, 0.3) is 0 Å². The van der Waals surface area contributed by atoms with Gasteiger partial charge in [0.2, 0.25) is 5.91 Å². The van der Waals surface area contributed by atoms with Crippen molar-refractivity contribution in [3.63, 3.8) is 0 Å². The third kappa shape index (κ3) is 7.86. The highest BCUT2D eigenvalue weighted by Crippen LogP contribution is 2.22. The van der Waals surface area contributed by atoms with Crippen molar-refractivity contribution < 1.29 is 19.4 Å². The molecule has 38 heavy (non-hydrogen) atoms. The zero-order chi connectivity index (χ0) is 26.9. The fourth-order valence-corrected chi connectivity index (χ4v) is 4.66. The van der Waals surface area contributed by atoms with Gasteiger partial charge in [-0.05, 0) is 50.2 Å². The largest absolute Gasteiger partial charge is 0.457 e. The average molecular weight is 522 g/mol. The first-order valence-corrected chi connectivity index (χ1v) is 13.3. The topological polar surface area (TPSA) is 93.0 Å². The summed E-state index contributed by atoms with van der Waals surface area (Å²) in [5.74, 6) is 1.70. The van der Waals surface area contributed by atoms with Gasteiger partial charge in [-0.15, -0.1) is 5.10 Å². The van der Waals surface area contributed by atoms with E-state index in [1.807, 2.05) is 55.6 Å². The van der Waals surface area contributed by atoms with Gasteiger partial charge in [0.1, 0.15) is 17.2 Å². The highest BCUT2D eigenvalue weighted by atomic mass is 16.5. The molecule has 4 rings (SSSR count). The van der Waals surface area contributed by atoms with Crippen molar-refractivity contribution in [3.8, 4) is 11.5 Å². The summed E-state index contributed by atoms with van der Waals surface area (Å²) in [6, 6.07) is 17.6. The van der Waals surface area contributed by atoms with E-state index in [2.05, 4.69) is 41.3 Å². The first-order valence-electron chi connectivity index (χ1n) is 13.3. The van der Waals surface area contributed by atoms with Crippen LogP contribution in [0.25, 0.3) is 0 Å². The Bertz CT molecular complexity index is 1140. The van der Waals surface area contributed by atoms with Crippen molar-refractivity contribution >= 4 is 5.91 Å². The smallest absolute Gasteiger partial charge is 0.222 e. The van der Waals surface area contributed by atoms with E-state index in [0.29, 0.717) is 39.1 Å². The van der Waals surface area contributed by atoms with Gasteiger partial charge < -0.3 is 19.5 Å². The SMILES string of the molecule is C[C@@H]1CN([C@H](C)CO)C(=O)CCCn2cc(nn2)CO[C@H]1CN(C)Cc1ccc(Oc2ccccc2)cc1. The van der Waals surface area contributed by atoms with Gasteiger partial charge in [0, 0.05) is 38.5 Å². The number of aryl methyl sites for hydroxylation is 1. The number of amides is 1. The molecule has 2 aromatic carbocycles.